The summed E-state index contributed by atoms with van der Waals surface area (Å²) in [5.74, 6) is -3.51. The third kappa shape index (κ3) is 7.18. The van der Waals surface area contributed by atoms with Gasteiger partial charge >= 0.3 is 5.97 Å². The van der Waals surface area contributed by atoms with Gasteiger partial charge in [-0.1, -0.05) is 6.08 Å². The Kier molecular flexibility index (Phi) is 8.49. The number of likely N-dealkylation sites (N-methyl/N-ethyl adjacent to an activating group) is 1. The zero-order valence-electron chi connectivity index (χ0n) is 14.5. The summed E-state index contributed by atoms with van der Waals surface area (Å²) < 4.78 is 31.3. The number of alkyl halides is 2. The van der Waals surface area contributed by atoms with Gasteiger partial charge in [-0.25, -0.2) is 13.6 Å². The van der Waals surface area contributed by atoms with E-state index in [1.165, 1.54) is 11.9 Å². The number of hydrogen-bond donors (Lipinski definition) is 0. The number of halogens is 2. The van der Waals surface area contributed by atoms with Gasteiger partial charge in [0.05, 0.1) is 0 Å². The fraction of sp³-hybridized carbons (Fsp3) is 0.706. The zero-order valence-corrected chi connectivity index (χ0v) is 14.5. The van der Waals surface area contributed by atoms with Crippen LogP contribution in [0.5, 0.6) is 0 Å². The average molecular weight is 357 g/mol. The highest BCUT2D eigenvalue weighted by atomic mass is 19.3. The topological polar surface area (TPSA) is 73.6 Å². The van der Waals surface area contributed by atoms with Crippen molar-refractivity contribution in [2.75, 3.05) is 33.3 Å². The number of allylic oxidation sites excluding steroid dienone is 1. The standard InChI is InChI=1S/C17H25F2N3O3/c1-3-4-5-15(23)21(2)14(16(24)25-13-9-20)6-10-22-11-7-17(18,19)8-12-22/h3,14H,1,4-8,10-13H2,2H3. The second-order valence-corrected chi connectivity index (χ2v) is 6.10. The first kappa shape index (κ1) is 21.0. The summed E-state index contributed by atoms with van der Waals surface area (Å²) in [6, 6.07) is 0.877. The molecule has 1 aliphatic heterocycles. The summed E-state index contributed by atoms with van der Waals surface area (Å²) in [5.41, 5.74) is 0. The first-order valence-electron chi connectivity index (χ1n) is 8.31. The molecule has 1 aliphatic rings. The van der Waals surface area contributed by atoms with E-state index in [-0.39, 0.29) is 51.3 Å². The van der Waals surface area contributed by atoms with Crippen molar-refractivity contribution >= 4 is 11.9 Å². The van der Waals surface area contributed by atoms with E-state index in [0.29, 0.717) is 13.0 Å². The monoisotopic (exact) mass is 357 g/mol. The number of nitriles is 1. The molecule has 25 heavy (non-hydrogen) atoms. The Balaban J connectivity index is 2.64. The van der Waals surface area contributed by atoms with E-state index in [4.69, 9.17) is 10.00 Å². The van der Waals surface area contributed by atoms with E-state index in [1.54, 1.807) is 12.1 Å². The third-order valence-corrected chi connectivity index (χ3v) is 4.28. The van der Waals surface area contributed by atoms with Crippen LogP contribution in [-0.2, 0) is 14.3 Å². The average Bonchev–Trinajstić information content (AvgIpc) is 2.58. The van der Waals surface area contributed by atoms with Crippen molar-refractivity contribution in [1.29, 1.82) is 5.26 Å². The molecule has 6 nitrogen and oxygen atoms in total. The Hall–Kier alpha value is -2.01. The second kappa shape index (κ2) is 10.1. The van der Waals surface area contributed by atoms with Gasteiger partial charge in [0.15, 0.2) is 6.61 Å². The van der Waals surface area contributed by atoms with Gasteiger partial charge in [0, 0.05) is 45.9 Å². The predicted octanol–water partition coefficient (Wildman–Crippen LogP) is 1.97. The van der Waals surface area contributed by atoms with Gasteiger partial charge in [0.1, 0.15) is 12.1 Å². The number of likely N-dealkylation sites (tertiary alicyclic amines) is 1. The minimum Gasteiger partial charge on any atom is -0.449 e. The molecule has 1 fully saturated rings. The van der Waals surface area contributed by atoms with Crippen molar-refractivity contribution in [1.82, 2.24) is 9.80 Å². The van der Waals surface area contributed by atoms with Gasteiger partial charge in [-0.15, -0.1) is 6.58 Å². The molecule has 0 aromatic heterocycles. The van der Waals surface area contributed by atoms with Gasteiger partial charge in [-0.2, -0.15) is 5.26 Å². The number of carbonyl (C=O) groups is 2. The van der Waals surface area contributed by atoms with Crippen molar-refractivity contribution in [3.63, 3.8) is 0 Å². The van der Waals surface area contributed by atoms with Gasteiger partial charge in [-0.05, 0) is 12.8 Å². The minimum absolute atomic E-state index is 0.204. The molecule has 0 aromatic rings. The molecule has 0 saturated carbocycles. The number of hydrogen-bond acceptors (Lipinski definition) is 5. The Morgan fingerprint density at radius 2 is 2.08 bits per heavy atom. The molecule has 140 valence electrons. The third-order valence-electron chi connectivity index (χ3n) is 4.28. The number of piperidine rings is 1. The molecule has 1 unspecified atom stereocenters. The largest absolute Gasteiger partial charge is 0.449 e. The van der Waals surface area contributed by atoms with Crippen molar-refractivity contribution in [3.8, 4) is 6.07 Å². The molecule has 1 atom stereocenters. The highest BCUT2D eigenvalue weighted by molar-refractivity contribution is 5.84. The van der Waals surface area contributed by atoms with Crippen LogP contribution in [0.2, 0.25) is 0 Å². The number of amides is 1. The number of carbonyl (C=O) groups excluding carboxylic acids is 2. The van der Waals surface area contributed by atoms with Crippen LogP contribution in [0.1, 0.15) is 32.1 Å². The first-order valence-corrected chi connectivity index (χ1v) is 8.31. The van der Waals surface area contributed by atoms with E-state index < -0.39 is 17.9 Å². The van der Waals surface area contributed by atoms with E-state index >= 15 is 0 Å². The molecular formula is C17H25F2N3O3. The number of nitrogens with zero attached hydrogens (tertiary/aromatic N) is 3. The van der Waals surface area contributed by atoms with Crippen LogP contribution in [0.15, 0.2) is 12.7 Å². The van der Waals surface area contributed by atoms with E-state index in [0.717, 1.165) is 0 Å². The molecule has 0 aliphatic carbocycles. The zero-order chi connectivity index (χ0) is 18.9. The highest BCUT2D eigenvalue weighted by Crippen LogP contribution is 2.27. The molecule has 1 saturated heterocycles. The molecule has 0 N–H and O–H groups in total. The minimum atomic E-state index is -2.63. The summed E-state index contributed by atoms with van der Waals surface area (Å²) >= 11 is 0. The van der Waals surface area contributed by atoms with Crippen LogP contribution < -0.4 is 0 Å². The molecule has 0 bridgehead atoms. The lowest BCUT2D eigenvalue weighted by Crippen LogP contribution is -2.46. The molecule has 0 spiro atoms. The molecule has 8 heteroatoms. The lowest BCUT2D eigenvalue weighted by molar-refractivity contribution is -0.153. The maximum atomic E-state index is 13.2. The van der Waals surface area contributed by atoms with Crippen molar-refractivity contribution in [2.45, 2.75) is 44.1 Å². The van der Waals surface area contributed by atoms with Crippen LogP contribution in [-0.4, -0.2) is 66.9 Å². The molecule has 1 rings (SSSR count). The normalized spacial score (nSPS) is 18.0. The summed E-state index contributed by atoms with van der Waals surface area (Å²) in [6.45, 7) is 4.07. The van der Waals surface area contributed by atoms with Crippen LogP contribution in [0.25, 0.3) is 0 Å². The fourth-order valence-electron chi connectivity index (χ4n) is 2.65. The van der Waals surface area contributed by atoms with Crippen molar-refractivity contribution in [2.24, 2.45) is 0 Å². The van der Waals surface area contributed by atoms with E-state index in [2.05, 4.69) is 6.58 Å². The summed E-state index contributed by atoms with van der Waals surface area (Å²) in [7, 11) is 1.51. The fourth-order valence-corrected chi connectivity index (χ4v) is 2.65. The smallest absolute Gasteiger partial charge is 0.329 e. The van der Waals surface area contributed by atoms with Crippen molar-refractivity contribution < 1.29 is 23.1 Å². The Labute approximate surface area is 147 Å². The van der Waals surface area contributed by atoms with Gasteiger partial charge in [0.2, 0.25) is 5.91 Å². The lowest BCUT2D eigenvalue weighted by atomic mass is 10.1. The van der Waals surface area contributed by atoms with Crippen molar-refractivity contribution in [3.05, 3.63) is 12.7 Å². The number of esters is 1. The van der Waals surface area contributed by atoms with Gasteiger partial charge in [0.25, 0.3) is 5.92 Å². The lowest BCUT2D eigenvalue weighted by Gasteiger charge is -2.33. The highest BCUT2D eigenvalue weighted by Gasteiger charge is 2.35. The SMILES string of the molecule is C=CCCC(=O)N(C)C(CCN1CCC(F)(F)CC1)C(=O)OCC#N. The molecule has 1 amide bonds. The Morgan fingerprint density at radius 1 is 1.44 bits per heavy atom. The maximum Gasteiger partial charge on any atom is 0.329 e. The summed E-state index contributed by atoms with van der Waals surface area (Å²) in [4.78, 5) is 27.5. The Morgan fingerprint density at radius 3 is 2.64 bits per heavy atom. The first-order chi connectivity index (χ1) is 11.8. The number of ether oxygens (including phenoxy) is 1. The van der Waals surface area contributed by atoms with E-state index in [9.17, 15) is 18.4 Å². The van der Waals surface area contributed by atoms with Crippen LogP contribution in [0.4, 0.5) is 8.78 Å². The van der Waals surface area contributed by atoms with Gasteiger partial charge < -0.3 is 14.5 Å². The summed E-state index contributed by atoms with van der Waals surface area (Å²) in [6.07, 6.45) is 2.19. The summed E-state index contributed by atoms with van der Waals surface area (Å²) in [5, 5.41) is 8.55. The predicted molar refractivity (Wildman–Crippen MR) is 87.8 cm³/mol. The number of rotatable bonds is 9. The molecular weight excluding hydrogens is 332 g/mol. The van der Waals surface area contributed by atoms with E-state index in [1.807, 2.05) is 4.90 Å². The molecule has 0 aromatic carbocycles. The van der Waals surface area contributed by atoms with Crippen LogP contribution in [0.3, 0.4) is 0 Å². The Bertz CT molecular complexity index is 510. The quantitative estimate of drug-likeness (QED) is 0.466. The molecule has 0 radical (unpaired) electrons. The van der Waals surface area contributed by atoms with Crippen LogP contribution >= 0.6 is 0 Å². The second-order valence-electron chi connectivity index (χ2n) is 6.10. The maximum absolute atomic E-state index is 13.2. The van der Waals surface area contributed by atoms with Gasteiger partial charge in [-0.3, -0.25) is 4.79 Å². The molecule has 1 heterocycles. The van der Waals surface area contributed by atoms with Crippen LogP contribution in [0, 0.1) is 11.3 Å².